The molecule has 1 heterocycles. The summed E-state index contributed by atoms with van der Waals surface area (Å²) in [5, 5.41) is 2.23. The number of rotatable bonds is 2. The molecule has 1 heteroatoms. The van der Waals surface area contributed by atoms with Crippen LogP contribution in [0.25, 0.3) is 23.1 Å². The van der Waals surface area contributed by atoms with E-state index in [0.717, 1.165) is 27.2 Å². The highest BCUT2D eigenvalue weighted by Gasteiger charge is 2.00. The summed E-state index contributed by atoms with van der Waals surface area (Å²) < 4.78 is 5.82. The monoisotopic (exact) mass is 224 g/mol. The molecule has 0 bridgehead atoms. The van der Waals surface area contributed by atoms with Crippen LogP contribution in [0.4, 0.5) is 0 Å². The van der Waals surface area contributed by atoms with Crippen LogP contribution in [0.3, 0.4) is 0 Å². The van der Waals surface area contributed by atoms with Crippen molar-refractivity contribution in [1.29, 1.82) is 0 Å². The first kappa shape index (κ1) is 11.5. The lowest BCUT2D eigenvalue weighted by molar-refractivity contribution is 0.575. The quantitative estimate of drug-likeness (QED) is 0.763. The summed E-state index contributed by atoms with van der Waals surface area (Å²) in [6.45, 7) is 7.90. The second kappa shape index (κ2) is 4.88. The zero-order valence-electron chi connectivity index (χ0n) is 10.2. The summed E-state index contributed by atoms with van der Waals surface area (Å²) in [6.07, 6.45) is 8.00. The Balaban J connectivity index is 2.89. The van der Waals surface area contributed by atoms with Crippen LogP contribution >= 0.6 is 0 Å². The van der Waals surface area contributed by atoms with Crippen LogP contribution in [0.5, 0.6) is 0 Å². The molecular formula is C16H16O. The maximum Gasteiger partial charge on any atom is 0.135 e. The second-order valence-electron chi connectivity index (χ2n) is 4.06. The van der Waals surface area contributed by atoms with Crippen molar-refractivity contribution in [3.8, 4) is 0 Å². The molecule has 0 saturated heterocycles. The highest BCUT2D eigenvalue weighted by atomic mass is 16.3. The third-order valence-corrected chi connectivity index (χ3v) is 2.49. The van der Waals surface area contributed by atoms with Crippen LogP contribution in [0, 0.1) is 0 Å². The first-order valence-electron chi connectivity index (χ1n) is 5.70. The van der Waals surface area contributed by atoms with E-state index in [1.165, 1.54) is 0 Å². The minimum Gasteiger partial charge on any atom is -0.456 e. The molecule has 2 rings (SSSR count). The normalized spacial score (nSPS) is 14.0. The van der Waals surface area contributed by atoms with Crippen LogP contribution in [0.15, 0.2) is 53.0 Å². The maximum absolute atomic E-state index is 5.82. The summed E-state index contributed by atoms with van der Waals surface area (Å²) in [4.78, 5) is 0. The second-order valence-corrected chi connectivity index (χ2v) is 4.06. The summed E-state index contributed by atoms with van der Waals surface area (Å²) in [6, 6.07) is 8.06. The molecule has 0 aliphatic carbocycles. The summed E-state index contributed by atoms with van der Waals surface area (Å²) in [5.74, 6) is 0. The first-order chi connectivity index (χ1) is 8.22. The predicted octanol–water partition coefficient (Wildman–Crippen LogP) is 3.15. The number of furan rings is 1. The van der Waals surface area contributed by atoms with Gasteiger partial charge in [0.2, 0.25) is 0 Å². The SMILES string of the molecule is C=C(C)C=c1/c(=C\C=C/C)oc2ccccc12. The van der Waals surface area contributed by atoms with Crippen molar-refractivity contribution in [1.82, 2.24) is 0 Å². The van der Waals surface area contributed by atoms with Crippen molar-refractivity contribution < 1.29 is 4.42 Å². The topological polar surface area (TPSA) is 13.1 Å². The van der Waals surface area contributed by atoms with Gasteiger partial charge in [0, 0.05) is 10.6 Å². The van der Waals surface area contributed by atoms with Gasteiger partial charge in [0.15, 0.2) is 0 Å². The number of fused-ring (bicyclic) bond motifs is 1. The van der Waals surface area contributed by atoms with Crippen LogP contribution in [-0.2, 0) is 0 Å². The molecule has 0 saturated carbocycles. The Morgan fingerprint density at radius 1 is 1.29 bits per heavy atom. The van der Waals surface area contributed by atoms with E-state index in [4.69, 9.17) is 4.42 Å². The van der Waals surface area contributed by atoms with Crippen molar-refractivity contribution in [3.63, 3.8) is 0 Å². The van der Waals surface area contributed by atoms with Crippen LogP contribution in [0.2, 0.25) is 0 Å². The Morgan fingerprint density at radius 3 is 2.76 bits per heavy atom. The van der Waals surface area contributed by atoms with Crippen LogP contribution in [0.1, 0.15) is 13.8 Å². The van der Waals surface area contributed by atoms with E-state index >= 15 is 0 Å². The van der Waals surface area contributed by atoms with Gasteiger partial charge >= 0.3 is 0 Å². The average molecular weight is 224 g/mol. The number of allylic oxidation sites excluding steroid dienone is 3. The molecule has 0 atom stereocenters. The van der Waals surface area contributed by atoms with E-state index in [-0.39, 0.29) is 0 Å². The molecule has 17 heavy (non-hydrogen) atoms. The highest BCUT2D eigenvalue weighted by molar-refractivity contribution is 5.80. The molecule has 1 nitrogen and oxygen atoms in total. The van der Waals surface area contributed by atoms with E-state index in [1.54, 1.807) is 0 Å². The van der Waals surface area contributed by atoms with Gasteiger partial charge in [-0.25, -0.2) is 0 Å². The van der Waals surface area contributed by atoms with Crippen molar-refractivity contribution in [2.75, 3.05) is 0 Å². The van der Waals surface area contributed by atoms with Gasteiger partial charge in [-0.15, -0.1) is 0 Å². The van der Waals surface area contributed by atoms with Crippen molar-refractivity contribution >= 4 is 23.1 Å². The Kier molecular flexibility index (Phi) is 3.29. The van der Waals surface area contributed by atoms with Gasteiger partial charge in [0.05, 0.1) is 0 Å². The van der Waals surface area contributed by atoms with Crippen molar-refractivity contribution in [3.05, 3.63) is 59.2 Å². The van der Waals surface area contributed by atoms with E-state index < -0.39 is 0 Å². The molecule has 2 aromatic rings. The fourth-order valence-corrected chi connectivity index (χ4v) is 1.79. The van der Waals surface area contributed by atoms with Gasteiger partial charge in [0.1, 0.15) is 11.0 Å². The molecule has 0 aliphatic heterocycles. The predicted molar refractivity (Wildman–Crippen MR) is 74.0 cm³/mol. The third kappa shape index (κ3) is 2.39. The van der Waals surface area contributed by atoms with E-state index in [0.29, 0.717) is 0 Å². The molecule has 0 aliphatic rings. The number of benzene rings is 1. The van der Waals surface area contributed by atoms with Gasteiger partial charge in [-0.05, 0) is 32.1 Å². The maximum atomic E-state index is 5.82. The fourth-order valence-electron chi connectivity index (χ4n) is 1.79. The van der Waals surface area contributed by atoms with E-state index in [9.17, 15) is 0 Å². The zero-order valence-corrected chi connectivity index (χ0v) is 10.2. The Bertz CT molecular complexity index is 684. The molecule has 0 spiro atoms. The van der Waals surface area contributed by atoms with Crippen LogP contribution in [-0.4, -0.2) is 0 Å². The Hall–Kier alpha value is -2.02. The largest absolute Gasteiger partial charge is 0.456 e. The van der Waals surface area contributed by atoms with Gasteiger partial charge in [0.25, 0.3) is 0 Å². The molecular weight excluding hydrogens is 208 g/mol. The Labute approximate surface area is 101 Å². The third-order valence-electron chi connectivity index (χ3n) is 2.49. The molecule has 1 aromatic heterocycles. The molecule has 0 unspecified atom stereocenters. The van der Waals surface area contributed by atoms with Gasteiger partial charge in [-0.2, -0.15) is 0 Å². The van der Waals surface area contributed by atoms with Gasteiger partial charge < -0.3 is 4.42 Å². The molecule has 0 N–H and O–H groups in total. The fraction of sp³-hybridized carbons (Fsp3) is 0.125. The van der Waals surface area contributed by atoms with Crippen molar-refractivity contribution in [2.24, 2.45) is 0 Å². The zero-order chi connectivity index (χ0) is 12.3. The highest BCUT2D eigenvalue weighted by Crippen LogP contribution is 2.07. The first-order valence-corrected chi connectivity index (χ1v) is 5.70. The van der Waals surface area contributed by atoms with Crippen LogP contribution < -0.4 is 10.6 Å². The average Bonchev–Trinajstić information content (AvgIpc) is 2.64. The van der Waals surface area contributed by atoms with E-state index in [1.807, 2.05) is 50.3 Å². The van der Waals surface area contributed by atoms with E-state index in [2.05, 4.69) is 18.7 Å². The minimum atomic E-state index is 0.882. The molecule has 0 radical (unpaired) electrons. The molecule has 86 valence electrons. The smallest absolute Gasteiger partial charge is 0.135 e. The molecule has 1 aromatic carbocycles. The van der Waals surface area contributed by atoms with Gasteiger partial charge in [-0.1, -0.05) is 42.5 Å². The number of hydrogen-bond acceptors (Lipinski definition) is 1. The number of hydrogen-bond donors (Lipinski definition) is 0. The Morgan fingerprint density at radius 2 is 2.06 bits per heavy atom. The summed E-state index contributed by atoms with van der Waals surface area (Å²) in [5.41, 5.74) is 2.81. The summed E-state index contributed by atoms with van der Waals surface area (Å²) >= 11 is 0. The lowest BCUT2D eigenvalue weighted by atomic mass is 10.2. The number of para-hydroxylation sites is 1. The minimum absolute atomic E-state index is 0.882. The van der Waals surface area contributed by atoms with Gasteiger partial charge in [-0.3, -0.25) is 0 Å². The standard InChI is InChI=1S/C16H16O/c1-4-5-9-16-14(11-12(2)3)13-8-6-7-10-15(13)17-16/h4-11H,2H2,1,3H3/b5-4-,14-11?,16-9+. The lowest BCUT2D eigenvalue weighted by Gasteiger charge is -1.86. The van der Waals surface area contributed by atoms with Crippen molar-refractivity contribution in [2.45, 2.75) is 13.8 Å². The lowest BCUT2D eigenvalue weighted by Crippen LogP contribution is -2.19. The molecule has 0 amide bonds. The summed E-state index contributed by atoms with van der Waals surface area (Å²) in [7, 11) is 0. The molecule has 0 fully saturated rings.